The molecule has 2 aromatic rings. The first kappa shape index (κ1) is 14.6. The summed E-state index contributed by atoms with van der Waals surface area (Å²) in [7, 11) is 0. The van der Waals surface area contributed by atoms with Gasteiger partial charge >= 0.3 is 0 Å². The van der Waals surface area contributed by atoms with Gasteiger partial charge < -0.3 is 10.4 Å². The molecule has 0 saturated heterocycles. The number of aliphatic hydroxyl groups excluding tert-OH is 1. The Morgan fingerprint density at radius 3 is 2.85 bits per heavy atom. The third-order valence-corrected chi connectivity index (χ3v) is 3.83. The molecule has 2 unspecified atom stereocenters. The molecule has 2 atom stereocenters. The fraction of sp³-hybridized carbons (Fsp3) is 0.286. The number of aliphatic hydroxyl groups is 1. The second-order valence-corrected chi connectivity index (χ2v) is 5.33. The van der Waals surface area contributed by atoms with Gasteiger partial charge in [-0.05, 0) is 34.9 Å². The fourth-order valence-electron chi connectivity index (χ4n) is 1.90. The lowest BCUT2D eigenvalue weighted by atomic mass is 10.1. The molecule has 2 rings (SSSR count). The van der Waals surface area contributed by atoms with Crippen molar-refractivity contribution in [3.8, 4) is 0 Å². The van der Waals surface area contributed by atoms with E-state index in [2.05, 4.69) is 5.32 Å². The van der Waals surface area contributed by atoms with Gasteiger partial charge in [-0.2, -0.15) is 11.3 Å². The number of non-ortho nitro benzene ring substituents is 1. The van der Waals surface area contributed by atoms with E-state index in [1.165, 1.54) is 6.07 Å². The van der Waals surface area contributed by atoms with Crippen LogP contribution in [0.2, 0.25) is 0 Å². The van der Waals surface area contributed by atoms with Crippen LogP contribution in [0.1, 0.15) is 30.2 Å². The predicted molar refractivity (Wildman–Crippen MR) is 78.8 cm³/mol. The molecule has 0 aliphatic heterocycles. The minimum Gasteiger partial charge on any atom is -0.387 e. The smallest absolute Gasteiger partial charge is 0.269 e. The molecule has 0 radical (unpaired) electrons. The third-order valence-electron chi connectivity index (χ3n) is 3.13. The van der Waals surface area contributed by atoms with Crippen LogP contribution < -0.4 is 5.32 Å². The van der Waals surface area contributed by atoms with E-state index in [0.29, 0.717) is 6.54 Å². The Kier molecular flexibility index (Phi) is 4.84. The Labute approximate surface area is 121 Å². The number of nitro benzene ring substituents is 1. The highest BCUT2D eigenvalue weighted by molar-refractivity contribution is 7.07. The molecule has 0 saturated carbocycles. The summed E-state index contributed by atoms with van der Waals surface area (Å²) in [4.78, 5) is 10.3. The average Bonchev–Trinajstić information content (AvgIpc) is 2.98. The van der Waals surface area contributed by atoms with Crippen molar-refractivity contribution in [3.63, 3.8) is 0 Å². The van der Waals surface area contributed by atoms with E-state index in [9.17, 15) is 15.2 Å². The van der Waals surface area contributed by atoms with Crippen LogP contribution in [-0.2, 0) is 0 Å². The van der Waals surface area contributed by atoms with Gasteiger partial charge in [0.15, 0.2) is 0 Å². The molecule has 6 heteroatoms. The molecule has 0 bridgehead atoms. The van der Waals surface area contributed by atoms with Crippen LogP contribution in [0.15, 0.2) is 41.1 Å². The van der Waals surface area contributed by atoms with Crippen LogP contribution in [0.4, 0.5) is 5.69 Å². The number of thiophene rings is 1. The van der Waals surface area contributed by atoms with E-state index in [1.807, 2.05) is 29.8 Å². The lowest BCUT2D eigenvalue weighted by Gasteiger charge is -2.17. The Bertz CT molecular complexity index is 572. The van der Waals surface area contributed by atoms with E-state index in [0.717, 1.165) is 11.1 Å². The molecule has 0 amide bonds. The summed E-state index contributed by atoms with van der Waals surface area (Å²) < 4.78 is 0. The molecule has 2 N–H and O–H groups in total. The van der Waals surface area contributed by atoms with Gasteiger partial charge in [0, 0.05) is 24.7 Å². The summed E-state index contributed by atoms with van der Waals surface area (Å²) >= 11 is 1.54. The number of nitrogens with zero attached hydrogens (tertiary/aromatic N) is 1. The van der Waals surface area contributed by atoms with Gasteiger partial charge in [-0.25, -0.2) is 0 Å². The molecule has 0 aliphatic rings. The molecule has 0 spiro atoms. The third kappa shape index (κ3) is 3.63. The second-order valence-electron chi connectivity index (χ2n) is 4.55. The van der Waals surface area contributed by atoms with Crippen LogP contribution in [0.25, 0.3) is 0 Å². The van der Waals surface area contributed by atoms with E-state index in [-0.39, 0.29) is 11.7 Å². The van der Waals surface area contributed by atoms with Crippen molar-refractivity contribution in [2.75, 3.05) is 6.54 Å². The maximum absolute atomic E-state index is 10.7. The summed E-state index contributed by atoms with van der Waals surface area (Å²) in [5, 5.41) is 27.7. The first-order chi connectivity index (χ1) is 9.58. The lowest BCUT2D eigenvalue weighted by molar-refractivity contribution is -0.384. The van der Waals surface area contributed by atoms with Gasteiger partial charge in [0.25, 0.3) is 5.69 Å². The van der Waals surface area contributed by atoms with Gasteiger partial charge in [-0.3, -0.25) is 10.1 Å². The minimum absolute atomic E-state index is 0.0665. The van der Waals surface area contributed by atoms with Crippen molar-refractivity contribution in [3.05, 3.63) is 62.3 Å². The topological polar surface area (TPSA) is 75.4 Å². The van der Waals surface area contributed by atoms with Crippen LogP contribution in [0.5, 0.6) is 0 Å². The van der Waals surface area contributed by atoms with E-state index >= 15 is 0 Å². The van der Waals surface area contributed by atoms with Crippen LogP contribution in [-0.4, -0.2) is 16.6 Å². The molecule has 20 heavy (non-hydrogen) atoms. The summed E-state index contributed by atoms with van der Waals surface area (Å²) in [6.45, 7) is 2.32. The Hall–Kier alpha value is -1.76. The van der Waals surface area contributed by atoms with Crippen LogP contribution in [0, 0.1) is 10.1 Å². The Balaban J connectivity index is 1.96. The molecule has 0 fully saturated rings. The maximum Gasteiger partial charge on any atom is 0.269 e. The second kappa shape index (κ2) is 6.60. The number of nitrogens with one attached hydrogen (secondary N) is 1. The Morgan fingerprint density at radius 2 is 2.20 bits per heavy atom. The molecule has 1 heterocycles. The van der Waals surface area contributed by atoms with Crippen molar-refractivity contribution >= 4 is 17.0 Å². The van der Waals surface area contributed by atoms with Gasteiger partial charge in [-0.15, -0.1) is 0 Å². The number of hydrogen-bond acceptors (Lipinski definition) is 5. The van der Waals surface area contributed by atoms with Crippen molar-refractivity contribution in [1.82, 2.24) is 5.32 Å². The first-order valence-electron chi connectivity index (χ1n) is 6.26. The molecular formula is C14H16N2O3S. The molecule has 106 valence electrons. The largest absolute Gasteiger partial charge is 0.387 e. The quantitative estimate of drug-likeness (QED) is 0.634. The molecule has 1 aromatic heterocycles. The first-order valence-corrected chi connectivity index (χ1v) is 7.20. The minimum atomic E-state index is -0.567. The maximum atomic E-state index is 10.7. The zero-order chi connectivity index (χ0) is 14.5. The highest BCUT2D eigenvalue weighted by Gasteiger charge is 2.13. The van der Waals surface area contributed by atoms with Crippen molar-refractivity contribution in [1.29, 1.82) is 0 Å². The van der Waals surface area contributed by atoms with E-state index < -0.39 is 11.0 Å². The average molecular weight is 292 g/mol. The summed E-state index contributed by atoms with van der Waals surface area (Å²) in [6.07, 6.45) is -0.567. The van der Waals surface area contributed by atoms with E-state index in [1.54, 1.807) is 23.5 Å². The van der Waals surface area contributed by atoms with Gasteiger partial charge in [0.05, 0.1) is 11.0 Å². The number of hydrogen-bond donors (Lipinski definition) is 2. The number of nitro groups is 1. The Morgan fingerprint density at radius 1 is 1.40 bits per heavy atom. The van der Waals surface area contributed by atoms with Crippen LogP contribution in [0.3, 0.4) is 0 Å². The van der Waals surface area contributed by atoms with Gasteiger partial charge in [0.2, 0.25) is 0 Å². The number of rotatable bonds is 6. The predicted octanol–water partition coefficient (Wildman–Crippen LogP) is 3.04. The zero-order valence-electron chi connectivity index (χ0n) is 11.0. The van der Waals surface area contributed by atoms with Gasteiger partial charge in [-0.1, -0.05) is 12.1 Å². The molecular weight excluding hydrogens is 276 g/mol. The fourth-order valence-corrected chi connectivity index (χ4v) is 2.60. The highest BCUT2D eigenvalue weighted by Crippen LogP contribution is 2.20. The van der Waals surface area contributed by atoms with Crippen molar-refractivity contribution in [2.24, 2.45) is 0 Å². The van der Waals surface area contributed by atoms with Crippen molar-refractivity contribution in [2.45, 2.75) is 19.1 Å². The standard InChI is InChI=1S/C14H16N2O3S/c1-10(11-3-2-4-13(7-11)16(18)19)15-8-14(17)12-5-6-20-9-12/h2-7,9-10,14-15,17H,8H2,1H3. The zero-order valence-corrected chi connectivity index (χ0v) is 11.8. The normalized spacial score (nSPS) is 13.9. The summed E-state index contributed by atoms with van der Waals surface area (Å²) in [5.74, 6) is 0. The number of benzene rings is 1. The lowest BCUT2D eigenvalue weighted by Crippen LogP contribution is -2.24. The summed E-state index contributed by atoms with van der Waals surface area (Å²) in [5.41, 5.74) is 1.79. The molecule has 0 aliphatic carbocycles. The highest BCUT2D eigenvalue weighted by atomic mass is 32.1. The van der Waals surface area contributed by atoms with E-state index in [4.69, 9.17) is 0 Å². The summed E-state index contributed by atoms with van der Waals surface area (Å²) in [6, 6.07) is 8.34. The van der Waals surface area contributed by atoms with Gasteiger partial charge in [0.1, 0.15) is 0 Å². The van der Waals surface area contributed by atoms with Crippen molar-refractivity contribution < 1.29 is 10.0 Å². The SMILES string of the molecule is CC(NCC(O)c1ccsc1)c1cccc([N+](=O)[O-])c1. The monoisotopic (exact) mass is 292 g/mol. The molecule has 1 aromatic carbocycles. The molecule has 5 nitrogen and oxygen atoms in total. The van der Waals surface area contributed by atoms with Crippen LogP contribution >= 0.6 is 11.3 Å².